The summed E-state index contributed by atoms with van der Waals surface area (Å²) in [5.41, 5.74) is 1.45. The van der Waals surface area contributed by atoms with E-state index in [-0.39, 0.29) is 0 Å². The number of hydrogen-bond donors (Lipinski definition) is 2. The Labute approximate surface area is 155 Å². The molecule has 8 heteroatoms. The lowest BCUT2D eigenvalue weighted by Crippen LogP contribution is -2.46. The van der Waals surface area contributed by atoms with E-state index in [0.717, 1.165) is 16.9 Å². The van der Waals surface area contributed by atoms with Gasteiger partial charge in [-0.05, 0) is 30.9 Å². The van der Waals surface area contributed by atoms with Crippen molar-refractivity contribution < 1.29 is 9.90 Å². The number of carboxylic acid groups (broad SMARTS) is 1. The topological polar surface area (TPSA) is 95.0 Å². The molecular weight excluding hydrogens is 354 g/mol. The number of nitrogens with zero attached hydrogens (tertiary/aromatic N) is 4. The van der Waals surface area contributed by atoms with Gasteiger partial charge < -0.3 is 15.0 Å². The summed E-state index contributed by atoms with van der Waals surface area (Å²) in [6, 6.07) is 7.45. The first-order valence-corrected chi connectivity index (χ1v) is 8.83. The fraction of sp³-hybridized carbons (Fsp3) is 0.333. The Morgan fingerprint density at radius 3 is 2.73 bits per heavy atom. The molecule has 2 N–H and O–H groups in total. The summed E-state index contributed by atoms with van der Waals surface area (Å²) in [6.07, 6.45) is 4.55. The van der Waals surface area contributed by atoms with Crippen LogP contribution in [-0.2, 0) is 11.2 Å². The maximum atomic E-state index is 12.1. The van der Waals surface area contributed by atoms with E-state index >= 15 is 0 Å². The third-order valence-corrected chi connectivity index (χ3v) is 5.53. The normalized spacial score (nSPS) is 16.7. The van der Waals surface area contributed by atoms with Crippen LogP contribution in [0.15, 0.2) is 36.9 Å². The summed E-state index contributed by atoms with van der Waals surface area (Å²) in [5.74, 6) is -0.00400. The lowest BCUT2D eigenvalue weighted by molar-refractivity contribution is -0.150. The molecule has 0 unspecified atom stereocenters. The molecule has 26 heavy (non-hydrogen) atoms. The lowest BCUT2D eigenvalue weighted by atomic mass is 9.74. The van der Waals surface area contributed by atoms with Crippen molar-refractivity contribution in [3.63, 3.8) is 0 Å². The lowest BCUT2D eigenvalue weighted by Gasteiger charge is -2.39. The number of anilines is 1. The van der Waals surface area contributed by atoms with Crippen LogP contribution in [0.4, 0.5) is 5.82 Å². The van der Waals surface area contributed by atoms with Gasteiger partial charge >= 0.3 is 5.97 Å². The SMILES string of the molecule is O=C(O)C1(Cc2ccccc2Cl)CCN(c2ncnc3nc[nH]c23)CC1. The minimum atomic E-state index is -0.818. The van der Waals surface area contributed by atoms with E-state index in [4.69, 9.17) is 11.6 Å². The molecule has 1 aromatic carbocycles. The number of aromatic amines is 1. The number of halogens is 1. The van der Waals surface area contributed by atoms with E-state index in [1.54, 1.807) is 12.4 Å². The molecule has 0 aliphatic carbocycles. The number of aromatic nitrogens is 4. The monoisotopic (exact) mass is 371 g/mol. The van der Waals surface area contributed by atoms with Gasteiger partial charge in [-0.1, -0.05) is 29.8 Å². The fourth-order valence-corrected chi connectivity index (χ4v) is 3.81. The number of fused-ring (bicyclic) bond motifs is 1. The van der Waals surface area contributed by atoms with Crippen molar-refractivity contribution in [2.75, 3.05) is 18.0 Å². The zero-order chi connectivity index (χ0) is 18.1. The molecule has 0 radical (unpaired) electrons. The smallest absolute Gasteiger partial charge is 0.310 e. The fourth-order valence-electron chi connectivity index (χ4n) is 3.61. The van der Waals surface area contributed by atoms with Crippen LogP contribution in [0.2, 0.25) is 5.02 Å². The number of hydrogen-bond acceptors (Lipinski definition) is 5. The number of nitrogens with one attached hydrogen (secondary N) is 1. The Hall–Kier alpha value is -2.67. The molecule has 0 bridgehead atoms. The van der Waals surface area contributed by atoms with Crippen molar-refractivity contribution in [1.29, 1.82) is 0 Å². The summed E-state index contributed by atoms with van der Waals surface area (Å²) < 4.78 is 0. The maximum Gasteiger partial charge on any atom is 0.310 e. The Kier molecular flexibility index (Phi) is 4.24. The van der Waals surface area contributed by atoms with Crippen molar-refractivity contribution in [2.45, 2.75) is 19.3 Å². The van der Waals surface area contributed by atoms with Crippen molar-refractivity contribution in [1.82, 2.24) is 19.9 Å². The van der Waals surface area contributed by atoms with Crippen molar-refractivity contribution in [3.8, 4) is 0 Å². The van der Waals surface area contributed by atoms with E-state index in [1.807, 2.05) is 18.2 Å². The molecule has 1 aliphatic rings. The van der Waals surface area contributed by atoms with Gasteiger partial charge in [0.1, 0.15) is 11.8 Å². The number of carboxylic acids is 1. The Balaban J connectivity index is 1.57. The van der Waals surface area contributed by atoms with Gasteiger partial charge in [-0.25, -0.2) is 15.0 Å². The second-order valence-corrected chi connectivity index (χ2v) is 7.05. The molecule has 3 aromatic rings. The van der Waals surface area contributed by atoms with Gasteiger partial charge in [-0.15, -0.1) is 0 Å². The number of imidazole rings is 1. The number of H-pyrrole nitrogens is 1. The minimum absolute atomic E-state index is 0.430. The molecule has 0 amide bonds. The predicted molar refractivity (Wildman–Crippen MR) is 98.4 cm³/mol. The molecule has 1 aliphatic heterocycles. The standard InChI is InChI=1S/C18H18ClN5O2/c19-13-4-2-1-3-12(13)9-18(17(25)26)5-7-24(8-6-18)16-14-15(21-10-20-14)22-11-23-16/h1-4,10-11H,5-9H2,(H,25,26)(H,20,21,22,23). The molecule has 0 atom stereocenters. The molecule has 4 rings (SSSR count). The Morgan fingerprint density at radius 2 is 2.00 bits per heavy atom. The van der Waals surface area contributed by atoms with Crippen molar-refractivity contribution >= 4 is 34.6 Å². The number of benzene rings is 1. The average Bonchev–Trinajstić information content (AvgIpc) is 3.13. The molecule has 3 heterocycles. The zero-order valence-corrected chi connectivity index (χ0v) is 14.8. The molecule has 1 saturated heterocycles. The van der Waals surface area contributed by atoms with Crippen LogP contribution in [0.3, 0.4) is 0 Å². The van der Waals surface area contributed by atoms with E-state index < -0.39 is 11.4 Å². The third kappa shape index (κ3) is 2.88. The largest absolute Gasteiger partial charge is 0.481 e. The highest BCUT2D eigenvalue weighted by atomic mass is 35.5. The highest BCUT2D eigenvalue weighted by molar-refractivity contribution is 6.31. The van der Waals surface area contributed by atoms with Crippen molar-refractivity contribution in [3.05, 3.63) is 47.5 Å². The quantitative estimate of drug-likeness (QED) is 0.732. The van der Waals surface area contributed by atoms with E-state index in [2.05, 4.69) is 24.8 Å². The molecule has 1 fully saturated rings. The molecule has 7 nitrogen and oxygen atoms in total. The number of piperidine rings is 1. The van der Waals surface area contributed by atoms with Crippen LogP contribution < -0.4 is 4.90 Å². The molecule has 134 valence electrons. The van der Waals surface area contributed by atoms with Gasteiger partial charge in [0.2, 0.25) is 0 Å². The summed E-state index contributed by atoms with van der Waals surface area (Å²) in [6.45, 7) is 1.20. The van der Waals surface area contributed by atoms with Gasteiger partial charge in [0.25, 0.3) is 0 Å². The average molecular weight is 372 g/mol. The first kappa shape index (κ1) is 16.8. The predicted octanol–water partition coefficient (Wildman–Crippen LogP) is 2.92. The number of carbonyl (C=O) groups is 1. The first-order valence-electron chi connectivity index (χ1n) is 8.45. The van der Waals surface area contributed by atoms with Gasteiger partial charge in [0.15, 0.2) is 11.5 Å². The van der Waals surface area contributed by atoms with E-state index in [9.17, 15) is 9.90 Å². The van der Waals surface area contributed by atoms with E-state index in [0.29, 0.717) is 43.0 Å². The highest BCUT2D eigenvalue weighted by Gasteiger charge is 2.42. The molecule has 0 saturated carbocycles. The molecule has 0 spiro atoms. The van der Waals surface area contributed by atoms with Crippen LogP contribution >= 0.6 is 11.6 Å². The van der Waals surface area contributed by atoms with Crippen LogP contribution in [0.1, 0.15) is 18.4 Å². The van der Waals surface area contributed by atoms with E-state index in [1.165, 1.54) is 6.33 Å². The second kappa shape index (κ2) is 6.57. The summed E-state index contributed by atoms with van der Waals surface area (Å²) in [7, 11) is 0. The van der Waals surface area contributed by atoms with Gasteiger partial charge in [0, 0.05) is 18.1 Å². The number of aliphatic carboxylic acids is 1. The highest BCUT2D eigenvalue weighted by Crippen LogP contribution is 2.38. The second-order valence-electron chi connectivity index (χ2n) is 6.64. The first-order chi connectivity index (χ1) is 12.6. The van der Waals surface area contributed by atoms with Crippen molar-refractivity contribution in [2.24, 2.45) is 5.41 Å². The third-order valence-electron chi connectivity index (χ3n) is 5.16. The minimum Gasteiger partial charge on any atom is -0.481 e. The van der Waals surface area contributed by atoms with Crippen LogP contribution in [0.25, 0.3) is 11.2 Å². The Morgan fingerprint density at radius 1 is 1.23 bits per heavy atom. The van der Waals surface area contributed by atoms with Gasteiger partial charge in [0.05, 0.1) is 11.7 Å². The van der Waals surface area contributed by atoms with Gasteiger partial charge in [-0.3, -0.25) is 4.79 Å². The summed E-state index contributed by atoms with van der Waals surface area (Å²) >= 11 is 6.26. The van der Waals surface area contributed by atoms with Crippen LogP contribution in [-0.4, -0.2) is 44.1 Å². The summed E-state index contributed by atoms with van der Waals surface area (Å²) in [5, 5.41) is 10.5. The molecular formula is C18H18ClN5O2. The maximum absolute atomic E-state index is 12.1. The van der Waals surface area contributed by atoms with Crippen LogP contribution in [0.5, 0.6) is 0 Å². The van der Waals surface area contributed by atoms with Crippen LogP contribution in [0, 0.1) is 5.41 Å². The zero-order valence-electron chi connectivity index (χ0n) is 14.0. The number of rotatable bonds is 4. The Bertz CT molecular complexity index is 949. The van der Waals surface area contributed by atoms with Gasteiger partial charge in [-0.2, -0.15) is 0 Å². The molecule has 2 aromatic heterocycles. The summed E-state index contributed by atoms with van der Waals surface area (Å²) in [4.78, 5) is 29.9.